The number of rotatable bonds is 8. The van der Waals surface area contributed by atoms with Gasteiger partial charge in [-0.15, -0.1) is 6.42 Å². The first-order valence-electron chi connectivity index (χ1n) is 12.5. The van der Waals surface area contributed by atoms with Gasteiger partial charge in [0.25, 0.3) is 0 Å². The average Bonchev–Trinajstić information content (AvgIpc) is 3.17. The number of fused-ring (bicyclic) bond motifs is 1. The number of aryl methyl sites for hydroxylation is 1. The highest BCUT2D eigenvalue weighted by Gasteiger charge is 2.11. The topological polar surface area (TPSA) is 90.1 Å². The maximum Gasteiger partial charge on any atom is 0.201 e. The van der Waals surface area contributed by atoms with Crippen molar-refractivity contribution in [2.75, 3.05) is 26.3 Å². The van der Waals surface area contributed by atoms with Gasteiger partial charge in [0, 0.05) is 32.1 Å². The van der Waals surface area contributed by atoms with Crippen LogP contribution in [0.25, 0.3) is 12.2 Å². The van der Waals surface area contributed by atoms with E-state index < -0.39 is 0 Å². The number of terminal acetylenes is 1. The highest BCUT2D eigenvalue weighted by molar-refractivity contribution is 5.55. The molecule has 0 spiro atoms. The molecule has 0 radical (unpaired) electrons. The molecule has 39 heavy (non-hydrogen) atoms. The van der Waals surface area contributed by atoms with Crippen LogP contribution in [0, 0.1) is 19.3 Å². The third-order valence-electron chi connectivity index (χ3n) is 5.39. The summed E-state index contributed by atoms with van der Waals surface area (Å²) in [6, 6.07) is 7.29. The second kappa shape index (κ2) is 18.1. The zero-order chi connectivity index (χ0) is 29.2. The van der Waals surface area contributed by atoms with Gasteiger partial charge in [-0.2, -0.15) is 0 Å². The lowest BCUT2D eigenvalue weighted by Gasteiger charge is -2.19. The van der Waals surface area contributed by atoms with Gasteiger partial charge in [0.15, 0.2) is 0 Å². The van der Waals surface area contributed by atoms with Crippen molar-refractivity contribution in [1.82, 2.24) is 4.98 Å². The number of benzene rings is 1. The van der Waals surface area contributed by atoms with Crippen LogP contribution in [-0.2, 0) is 9.47 Å². The Bertz CT molecular complexity index is 1330. The van der Waals surface area contributed by atoms with E-state index in [9.17, 15) is 5.11 Å². The highest BCUT2D eigenvalue weighted by Crippen LogP contribution is 2.27. The molecule has 3 rings (SSSR count). The first kappa shape index (κ1) is 32.8. The van der Waals surface area contributed by atoms with Gasteiger partial charge in [0.2, 0.25) is 5.88 Å². The van der Waals surface area contributed by atoms with Gasteiger partial charge in [-0.1, -0.05) is 30.7 Å². The van der Waals surface area contributed by atoms with Gasteiger partial charge >= 0.3 is 0 Å². The number of aromatic nitrogens is 1. The smallest absolute Gasteiger partial charge is 0.201 e. The quantitative estimate of drug-likeness (QED) is 0.151. The molecule has 0 bridgehead atoms. The molecule has 1 heterocycles. The van der Waals surface area contributed by atoms with E-state index in [-0.39, 0.29) is 5.88 Å². The van der Waals surface area contributed by atoms with Crippen molar-refractivity contribution < 1.29 is 19.3 Å². The van der Waals surface area contributed by atoms with Crippen molar-refractivity contribution >= 4 is 17.8 Å². The maximum absolute atomic E-state index is 10.3. The zero-order valence-electron chi connectivity index (χ0n) is 23.9. The third-order valence-corrected chi connectivity index (χ3v) is 5.39. The van der Waals surface area contributed by atoms with Crippen LogP contribution in [0.3, 0.4) is 0 Å². The van der Waals surface area contributed by atoms with Crippen LogP contribution >= 0.6 is 0 Å². The number of allylic oxidation sites excluding steroid dienone is 6. The highest BCUT2D eigenvalue weighted by atomic mass is 16.5. The molecule has 0 aliphatic heterocycles. The first-order valence-corrected chi connectivity index (χ1v) is 12.5. The van der Waals surface area contributed by atoms with E-state index in [1.165, 1.54) is 5.01 Å². The average molecular weight is 532 g/mol. The minimum Gasteiger partial charge on any atom is -0.501 e. The van der Waals surface area contributed by atoms with Gasteiger partial charge in [0.1, 0.15) is 11.5 Å². The Labute approximate surface area is 232 Å². The summed E-state index contributed by atoms with van der Waals surface area (Å²) in [6.07, 6.45) is 20.3. The molecule has 1 aromatic heterocycles. The van der Waals surface area contributed by atoms with Gasteiger partial charge in [-0.3, -0.25) is 4.98 Å². The number of hydrogen-bond acceptors (Lipinski definition) is 7. The summed E-state index contributed by atoms with van der Waals surface area (Å²) in [5.74, 6) is 10.7. The summed E-state index contributed by atoms with van der Waals surface area (Å²) in [7, 11) is 4.90. The summed E-state index contributed by atoms with van der Waals surface area (Å²) in [5.41, 5.74) is 2.17. The molecule has 0 fully saturated rings. The lowest BCUT2D eigenvalue weighted by molar-refractivity contribution is 0.277. The van der Waals surface area contributed by atoms with E-state index >= 15 is 0 Å². The zero-order valence-corrected chi connectivity index (χ0v) is 23.9. The van der Waals surface area contributed by atoms with E-state index in [0.717, 1.165) is 21.9 Å². The molecule has 1 aromatic carbocycles. The molecule has 0 atom stereocenters. The Hall–Kier alpha value is -4.25. The monoisotopic (exact) mass is 531 g/mol. The van der Waals surface area contributed by atoms with Crippen LogP contribution < -0.4 is 26.2 Å². The second-order valence-electron chi connectivity index (χ2n) is 8.37. The molecule has 3 N–H and O–H groups in total. The predicted molar refractivity (Wildman–Crippen MR) is 161 cm³/mol. The maximum atomic E-state index is 10.3. The van der Waals surface area contributed by atoms with E-state index in [2.05, 4.69) is 22.2 Å². The fourth-order valence-electron chi connectivity index (χ4n) is 3.19. The summed E-state index contributed by atoms with van der Waals surface area (Å²) in [6.45, 7) is 9.67. The van der Waals surface area contributed by atoms with Crippen LogP contribution in [0.2, 0.25) is 0 Å². The summed E-state index contributed by atoms with van der Waals surface area (Å²) in [4.78, 5) is 4.43. The number of aliphatic hydroxyl groups excluding tert-OH is 1. The van der Waals surface area contributed by atoms with Crippen molar-refractivity contribution in [1.29, 1.82) is 0 Å². The molecule has 0 amide bonds. The molecule has 0 saturated carbocycles. The number of ether oxygens (including phenoxy) is 3. The lowest BCUT2D eigenvalue weighted by atomic mass is 10.1. The Morgan fingerprint density at radius 3 is 2.46 bits per heavy atom. The fraction of sp³-hybridized carbons (Fsp3) is 0.281. The van der Waals surface area contributed by atoms with Crippen LogP contribution in [0.5, 0.6) is 11.5 Å². The van der Waals surface area contributed by atoms with Crippen molar-refractivity contribution in [3.63, 3.8) is 0 Å². The number of hydrogen-bond donors (Lipinski definition) is 2. The minimum absolute atomic E-state index is 0.0612. The molecule has 2 aromatic rings. The molecule has 7 nitrogen and oxygen atoms in total. The number of hydrazine groups is 1. The van der Waals surface area contributed by atoms with Gasteiger partial charge in [-0.25, -0.2) is 10.9 Å². The number of nitrogens with two attached hydrogens (primary N) is 1. The van der Waals surface area contributed by atoms with Crippen LogP contribution in [0.1, 0.15) is 38.7 Å². The number of nitrogens with zero attached hydrogens (tertiary/aromatic N) is 2. The first-order chi connectivity index (χ1) is 18.8. The number of anilines is 1. The largest absolute Gasteiger partial charge is 0.501 e. The summed E-state index contributed by atoms with van der Waals surface area (Å²) in [5, 5.41) is 13.2. The molecule has 0 saturated heterocycles. The summed E-state index contributed by atoms with van der Waals surface area (Å²) < 4.78 is 15.8. The van der Waals surface area contributed by atoms with Gasteiger partial charge < -0.3 is 19.3 Å². The molecular formula is C32H41N3O4. The normalized spacial score (nSPS) is 11.9. The van der Waals surface area contributed by atoms with Crippen LogP contribution in [0.15, 0.2) is 78.6 Å². The minimum atomic E-state index is -0.0612. The molecule has 0 unspecified atom stereocenters. The number of aliphatic hydroxyl groups is 1. The molecule has 1 aliphatic carbocycles. The Morgan fingerprint density at radius 2 is 1.87 bits per heavy atom. The van der Waals surface area contributed by atoms with E-state index in [1.54, 1.807) is 39.7 Å². The standard InChI is InChI=1S/C26H27N3O3.C4H8.C2H6O/c1-5-18(2)7-6-8-26(30)29(27)20-9-14-24(19(3)17-20)32-25-15-16-28-23-13-11-21(31-4)10-12-22(23)25;1-3-4-2;1-3-2/h1,8-9,11-17,30H,2,6-7,10,27H2,3-4H3;3-4H,1-2H3;1-2H3/b26-8+;4-3-;. The van der Waals surface area contributed by atoms with Crippen molar-refractivity contribution in [2.24, 2.45) is 5.84 Å². The lowest BCUT2D eigenvalue weighted by Crippen LogP contribution is -2.30. The van der Waals surface area contributed by atoms with Crippen molar-refractivity contribution in [3.8, 4) is 23.8 Å². The van der Waals surface area contributed by atoms with E-state index in [1.807, 2.05) is 69.4 Å². The SMILES string of the molecule is C#CC(=C)CC/C=C(/O)N(N)c1ccc(Oc2ccnc3c2=CCC(OC)=CC=3)c(C)c1.C/C=C\C.COC. The predicted octanol–water partition coefficient (Wildman–Crippen LogP) is 5.57. The fourth-order valence-corrected chi connectivity index (χ4v) is 3.19. The van der Waals surface area contributed by atoms with E-state index in [0.29, 0.717) is 42.0 Å². The van der Waals surface area contributed by atoms with Crippen LogP contribution in [0.4, 0.5) is 5.69 Å². The van der Waals surface area contributed by atoms with Crippen molar-refractivity contribution in [2.45, 2.75) is 40.0 Å². The number of methoxy groups -OCH3 is 2. The Balaban J connectivity index is 0.000000975. The van der Waals surface area contributed by atoms with E-state index in [4.69, 9.17) is 21.7 Å². The molecular weight excluding hydrogens is 490 g/mol. The Morgan fingerprint density at radius 1 is 1.18 bits per heavy atom. The molecule has 208 valence electrons. The van der Waals surface area contributed by atoms with Crippen LogP contribution in [-0.4, -0.2) is 31.4 Å². The Kier molecular flexibility index (Phi) is 15.2. The number of pyridine rings is 1. The summed E-state index contributed by atoms with van der Waals surface area (Å²) >= 11 is 0. The van der Waals surface area contributed by atoms with Gasteiger partial charge in [0.05, 0.1) is 23.9 Å². The van der Waals surface area contributed by atoms with Crippen molar-refractivity contribution in [3.05, 3.63) is 94.7 Å². The molecule has 7 heteroatoms. The molecule has 1 aliphatic rings. The van der Waals surface area contributed by atoms with Gasteiger partial charge in [-0.05, 0) is 87.2 Å². The second-order valence-corrected chi connectivity index (χ2v) is 8.37. The third kappa shape index (κ3) is 10.9.